The number of likely N-dealkylation sites (N-methyl/N-ethyl adjacent to an activating group) is 1. The Morgan fingerprint density at radius 2 is 1.74 bits per heavy atom. The normalized spacial score (nSPS) is 28.1. The number of rotatable bonds is 10. The van der Waals surface area contributed by atoms with E-state index in [-0.39, 0.29) is 23.8 Å². The number of nitrogens with one attached hydrogen (secondary N) is 2. The molecule has 4 aliphatic rings. The van der Waals surface area contributed by atoms with Crippen LogP contribution in [0.3, 0.4) is 0 Å². The summed E-state index contributed by atoms with van der Waals surface area (Å²) in [5.74, 6) is -1.68. The number of anilines is 1. The molecule has 3 heterocycles. The molecule has 2 aromatic carbocycles. The molecule has 1 spiro atoms. The second kappa shape index (κ2) is 12.2. The largest absolute Gasteiger partial charge is 0.359 e. The van der Waals surface area contributed by atoms with Crippen molar-refractivity contribution in [2.24, 2.45) is 11.8 Å². The molecule has 5 atom stereocenters. The first-order valence-corrected chi connectivity index (χ1v) is 15.9. The van der Waals surface area contributed by atoms with Crippen molar-refractivity contribution in [3.05, 3.63) is 77.9 Å². The minimum atomic E-state index is -1.15. The third-order valence-electron chi connectivity index (χ3n) is 9.74. The van der Waals surface area contributed by atoms with E-state index in [2.05, 4.69) is 41.5 Å². The van der Waals surface area contributed by atoms with Gasteiger partial charge in [-0.1, -0.05) is 87.7 Å². The molecule has 8 heteroatoms. The Hall–Kier alpha value is -3.49. The van der Waals surface area contributed by atoms with E-state index in [1.807, 2.05) is 61.7 Å². The maximum absolute atomic E-state index is 14.3. The topological polar surface area (TPSA) is 91.0 Å². The zero-order valence-electron chi connectivity index (χ0n) is 25.5. The fraction of sp³-hybridized carbons (Fsp3) is 0.514. The van der Waals surface area contributed by atoms with Crippen molar-refractivity contribution in [1.29, 1.82) is 0 Å². The molecule has 0 radical (unpaired) electrons. The maximum Gasteiger partial charge on any atom is 0.246 e. The summed E-state index contributed by atoms with van der Waals surface area (Å²) < 4.78 is 6.52. The summed E-state index contributed by atoms with van der Waals surface area (Å²) in [5.41, 5.74) is 1.91. The van der Waals surface area contributed by atoms with Gasteiger partial charge in [0.25, 0.3) is 0 Å². The zero-order valence-corrected chi connectivity index (χ0v) is 25.5. The average molecular weight is 585 g/mol. The highest BCUT2D eigenvalue weighted by Gasteiger charge is 2.72. The molecule has 43 heavy (non-hydrogen) atoms. The molecule has 2 bridgehead atoms. The van der Waals surface area contributed by atoms with E-state index in [1.54, 1.807) is 4.90 Å². The SMILES string of the molecule is CC(C)c1ccc(NC(=O)C2C3C=CC4(O3)C2C(=O)N(CCN(C)Cc2ccccc2)C4C(=O)NC2CCCCC2)cc1. The molecule has 2 aromatic rings. The van der Waals surface area contributed by atoms with Gasteiger partial charge in [0.05, 0.1) is 17.9 Å². The van der Waals surface area contributed by atoms with Gasteiger partial charge in [-0.25, -0.2) is 0 Å². The number of fused-ring (bicyclic) bond motifs is 1. The van der Waals surface area contributed by atoms with Crippen molar-refractivity contribution in [1.82, 2.24) is 15.1 Å². The van der Waals surface area contributed by atoms with E-state index >= 15 is 0 Å². The van der Waals surface area contributed by atoms with Crippen LogP contribution in [0.2, 0.25) is 0 Å². The van der Waals surface area contributed by atoms with E-state index < -0.39 is 29.6 Å². The van der Waals surface area contributed by atoms with E-state index in [9.17, 15) is 14.4 Å². The number of ether oxygens (including phenoxy) is 1. The quantitative estimate of drug-likeness (QED) is 0.402. The van der Waals surface area contributed by atoms with E-state index in [0.29, 0.717) is 24.7 Å². The van der Waals surface area contributed by atoms with Gasteiger partial charge in [0.2, 0.25) is 17.7 Å². The summed E-state index contributed by atoms with van der Waals surface area (Å²) >= 11 is 0. The highest BCUT2D eigenvalue weighted by atomic mass is 16.5. The third-order valence-corrected chi connectivity index (χ3v) is 9.74. The number of carbonyl (C=O) groups excluding carboxylic acids is 3. The second-order valence-electron chi connectivity index (χ2n) is 13.1. The van der Waals surface area contributed by atoms with Crippen LogP contribution in [-0.4, -0.2) is 71.4 Å². The number of hydrogen-bond donors (Lipinski definition) is 2. The Kier molecular flexibility index (Phi) is 8.42. The summed E-state index contributed by atoms with van der Waals surface area (Å²) in [6.45, 7) is 5.95. The van der Waals surface area contributed by atoms with Gasteiger partial charge in [-0.2, -0.15) is 0 Å². The summed E-state index contributed by atoms with van der Waals surface area (Å²) in [5, 5.41) is 6.30. The van der Waals surface area contributed by atoms with Gasteiger partial charge in [0.15, 0.2) is 0 Å². The van der Waals surface area contributed by atoms with Crippen LogP contribution in [0.1, 0.15) is 63.0 Å². The number of likely N-dealkylation sites (tertiary alicyclic amines) is 1. The molecule has 228 valence electrons. The highest BCUT2D eigenvalue weighted by Crippen LogP contribution is 2.55. The van der Waals surface area contributed by atoms with Crippen LogP contribution in [0.4, 0.5) is 5.69 Å². The lowest BCUT2D eigenvalue weighted by atomic mass is 9.74. The molecule has 3 fully saturated rings. The number of nitrogens with zero attached hydrogens (tertiary/aromatic N) is 2. The highest BCUT2D eigenvalue weighted by molar-refractivity contribution is 6.02. The number of carbonyl (C=O) groups is 3. The fourth-order valence-electron chi connectivity index (χ4n) is 7.46. The molecular formula is C35H44N4O4. The number of hydrogen-bond acceptors (Lipinski definition) is 5. The molecule has 6 rings (SSSR count). The maximum atomic E-state index is 14.3. The Bertz CT molecular complexity index is 1350. The minimum Gasteiger partial charge on any atom is -0.359 e. The van der Waals surface area contributed by atoms with Crippen molar-refractivity contribution >= 4 is 23.4 Å². The lowest BCUT2D eigenvalue weighted by Crippen LogP contribution is -2.57. The van der Waals surface area contributed by atoms with Crippen LogP contribution in [0.15, 0.2) is 66.7 Å². The second-order valence-corrected chi connectivity index (χ2v) is 13.1. The van der Waals surface area contributed by atoms with Gasteiger partial charge in [-0.05, 0) is 49.1 Å². The van der Waals surface area contributed by atoms with Gasteiger partial charge in [0.1, 0.15) is 11.6 Å². The van der Waals surface area contributed by atoms with Crippen molar-refractivity contribution in [3.8, 4) is 0 Å². The van der Waals surface area contributed by atoms with Crippen LogP contribution in [0.5, 0.6) is 0 Å². The summed E-state index contributed by atoms with van der Waals surface area (Å²) in [6, 6.07) is 17.3. The molecule has 2 saturated heterocycles. The molecule has 5 unspecified atom stereocenters. The fourth-order valence-corrected chi connectivity index (χ4v) is 7.46. The molecule has 1 saturated carbocycles. The Morgan fingerprint density at radius 1 is 1.02 bits per heavy atom. The standard InChI is InChI=1S/C35H44N4O4/c1-23(2)25-14-16-27(17-15-25)36-32(40)29-28-18-19-35(43-28)30(29)34(42)39(21-20-38(3)22-24-10-6-4-7-11-24)31(35)33(41)37-26-12-8-5-9-13-26/h4,6-7,10-11,14-19,23,26,28-31H,5,8-9,12-13,20-22H2,1-3H3,(H,36,40)(H,37,41). The molecule has 3 aliphatic heterocycles. The van der Waals surface area contributed by atoms with Crippen LogP contribution in [0.25, 0.3) is 0 Å². The predicted molar refractivity (Wildman–Crippen MR) is 166 cm³/mol. The van der Waals surface area contributed by atoms with Gasteiger partial charge in [-0.3, -0.25) is 14.4 Å². The summed E-state index contributed by atoms with van der Waals surface area (Å²) in [4.78, 5) is 45.9. The zero-order chi connectivity index (χ0) is 30.1. The first-order valence-electron chi connectivity index (χ1n) is 15.9. The number of benzene rings is 2. The van der Waals surface area contributed by atoms with Crippen LogP contribution >= 0.6 is 0 Å². The smallest absolute Gasteiger partial charge is 0.246 e. The first kappa shape index (κ1) is 29.6. The van der Waals surface area contributed by atoms with Gasteiger partial charge >= 0.3 is 0 Å². The molecule has 1 aliphatic carbocycles. The Balaban J connectivity index is 1.23. The minimum absolute atomic E-state index is 0.102. The van der Waals surface area contributed by atoms with Crippen LogP contribution in [0, 0.1) is 11.8 Å². The molecule has 2 N–H and O–H groups in total. The molecule has 3 amide bonds. The first-order chi connectivity index (χ1) is 20.8. The van der Waals surface area contributed by atoms with Crippen LogP contribution in [-0.2, 0) is 25.7 Å². The summed E-state index contributed by atoms with van der Waals surface area (Å²) in [7, 11) is 2.02. The van der Waals surface area contributed by atoms with Crippen LogP contribution < -0.4 is 10.6 Å². The van der Waals surface area contributed by atoms with Crippen molar-refractivity contribution < 1.29 is 19.1 Å². The molecule has 0 aromatic heterocycles. The van der Waals surface area contributed by atoms with Gasteiger partial charge < -0.3 is 25.2 Å². The van der Waals surface area contributed by atoms with E-state index in [0.717, 1.165) is 32.2 Å². The Morgan fingerprint density at radius 3 is 2.44 bits per heavy atom. The van der Waals surface area contributed by atoms with Crippen molar-refractivity contribution in [2.45, 2.75) is 82.2 Å². The molecular weight excluding hydrogens is 540 g/mol. The van der Waals surface area contributed by atoms with Crippen molar-refractivity contribution in [2.75, 3.05) is 25.5 Å². The lowest BCUT2D eigenvalue weighted by Gasteiger charge is -2.34. The summed E-state index contributed by atoms with van der Waals surface area (Å²) in [6.07, 6.45) is 8.49. The third kappa shape index (κ3) is 5.75. The van der Waals surface area contributed by atoms with Gasteiger partial charge in [-0.15, -0.1) is 0 Å². The lowest BCUT2D eigenvalue weighted by molar-refractivity contribution is -0.141. The average Bonchev–Trinajstić information content (AvgIpc) is 3.64. The van der Waals surface area contributed by atoms with E-state index in [4.69, 9.17) is 4.74 Å². The number of amides is 3. The Labute approximate surface area is 254 Å². The van der Waals surface area contributed by atoms with Gasteiger partial charge in [0, 0.05) is 31.4 Å². The monoisotopic (exact) mass is 584 g/mol. The molecule has 8 nitrogen and oxygen atoms in total. The van der Waals surface area contributed by atoms with E-state index in [1.165, 1.54) is 17.5 Å². The predicted octanol–water partition coefficient (Wildman–Crippen LogP) is 4.48. The van der Waals surface area contributed by atoms with Crippen molar-refractivity contribution in [3.63, 3.8) is 0 Å².